The van der Waals surface area contributed by atoms with Gasteiger partial charge in [-0.3, -0.25) is 4.79 Å². The first-order valence-corrected chi connectivity index (χ1v) is 8.71. The number of rotatable bonds is 9. The summed E-state index contributed by atoms with van der Waals surface area (Å²) in [6.45, 7) is 2.25. The molecule has 3 heteroatoms. The van der Waals surface area contributed by atoms with Crippen molar-refractivity contribution in [3.8, 4) is 0 Å². The maximum absolute atomic E-state index is 12.1. The zero-order valence-corrected chi connectivity index (χ0v) is 13.7. The Morgan fingerprint density at radius 1 is 1.05 bits per heavy atom. The van der Waals surface area contributed by atoms with Crippen molar-refractivity contribution in [1.82, 2.24) is 0 Å². The van der Waals surface area contributed by atoms with E-state index in [1.807, 2.05) is 18.2 Å². The van der Waals surface area contributed by atoms with Crippen LogP contribution in [0.1, 0.15) is 76.2 Å². The van der Waals surface area contributed by atoms with Crippen LogP contribution in [-0.4, -0.2) is 5.91 Å². The van der Waals surface area contributed by atoms with Crippen LogP contribution in [0.3, 0.4) is 0 Å². The van der Waals surface area contributed by atoms with Crippen molar-refractivity contribution >= 4 is 23.2 Å². The molecule has 1 amide bonds. The second kappa shape index (κ2) is 8.43. The summed E-state index contributed by atoms with van der Waals surface area (Å²) in [6.07, 6.45) is 11.3. The summed E-state index contributed by atoms with van der Waals surface area (Å²) in [7, 11) is 0. The van der Waals surface area contributed by atoms with Crippen molar-refractivity contribution in [2.75, 3.05) is 5.32 Å². The van der Waals surface area contributed by atoms with Gasteiger partial charge < -0.3 is 5.32 Å². The number of anilines is 1. The molecule has 1 aromatic rings. The molecular formula is C18H26ClNO. The van der Waals surface area contributed by atoms with Gasteiger partial charge in [-0.25, -0.2) is 0 Å². The van der Waals surface area contributed by atoms with Gasteiger partial charge in [0.15, 0.2) is 0 Å². The highest BCUT2D eigenvalue weighted by molar-refractivity contribution is 6.34. The number of halogens is 1. The first-order valence-electron chi connectivity index (χ1n) is 8.33. The van der Waals surface area contributed by atoms with E-state index in [0.29, 0.717) is 5.02 Å². The number of amides is 1. The summed E-state index contributed by atoms with van der Waals surface area (Å²) in [5.74, 6) is 0.111. The average Bonchev–Trinajstić information content (AvgIpc) is 2.80. The molecule has 1 aliphatic heterocycles. The van der Waals surface area contributed by atoms with Gasteiger partial charge in [0.05, 0.1) is 16.6 Å². The van der Waals surface area contributed by atoms with Gasteiger partial charge in [-0.05, 0) is 18.1 Å². The molecule has 21 heavy (non-hydrogen) atoms. The van der Waals surface area contributed by atoms with Crippen molar-refractivity contribution in [2.45, 2.75) is 70.6 Å². The second-order valence-electron chi connectivity index (χ2n) is 6.01. The number of fused-ring (bicyclic) bond motifs is 1. The van der Waals surface area contributed by atoms with Crippen molar-refractivity contribution in [1.29, 1.82) is 0 Å². The number of benzene rings is 1. The van der Waals surface area contributed by atoms with Gasteiger partial charge in [0.25, 0.3) is 0 Å². The van der Waals surface area contributed by atoms with Gasteiger partial charge in [0, 0.05) is 0 Å². The van der Waals surface area contributed by atoms with Crippen LogP contribution in [0, 0.1) is 0 Å². The Bertz CT molecular complexity index is 472. The number of carbonyl (C=O) groups is 1. The Morgan fingerprint density at radius 2 is 1.71 bits per heavy atom. The average molecular weight is 308 g/mol. The summed E-state index contributed by atoms with van der Waals surface area (Å²) in [4.78, 5) is 12.1. The number of hydrogen-bond acceptors (Lipinski definition) is 1. The van der Waals surface area contributed by atoms with Gasteiger partial charge in [0.1, 0.15) is 0 Å². The Morgan fingerprint density at radius 3 is 2.43 bits per heavy atom. The largest absolute Gasteiger partial charge is 0.324 e. The van der Waals surface area contributed by atoms with E-state index < -0.39 is 0 Å². The highest BCUT2D eigenvalue weighted by Gasteiger charge is 2.30. The Labute approximate surface area is 133 Å². The molecule has 0 aliphatic carbocycles. The van der Waals surface area contributed by atoms with Gasteiger partial charge >= 0.3 is 0 Å². The van der Waals surface area contributed by atoms with Gasteiger partial charge in [0.2, 0.25) is 5.91 Å². The number of para-hydroxylation sites is 1. The first-order chi connectivity index (χ1) is 10.2. The number of nitrogens with one attached hydrogen (secondary N) is 1. The van der Waals surface area contributed by atoms with Gasteiger partial charge in [-0.1, -0.05) is 82.0 Å². The lowest BCUT2D eigenvalue weighted by Gasteiger charge is -2.08. The lowest BCUT2D eigenvalue weighted by molar-refractivity contribution is -0.117. The monoisotopic (exact) mass is 307 g/mol. The molecule has 1 N–H and O–H groups in total. The number of unbranched alkanes of at least 4 members (excludes halogenated alkanes) is 7. The molecular weight excluding hydrogens is 282 g/mol. The normalized spacial score (nSPS) is 16.9. The quantitative estimate of drug-likeness (QED) is 0.565. The van der Waals surface area contributed by atoms with Crippen LogP contribution in [0.15, 0.2) is 18.2 Å². The molecule has 1 heterocycles. The lowest BCUT2D eigenvalue weighted by Crippen LogP contribution is -2.11. The van der Waals surface area contributed by atoms with E-state index in [0.717, 1.165) is 24.1 Å². The van der Waals surface area contributed by atoms with E-state index in [4.69, 9.17) is 11.6 Å². The standard InChI is InChI=1S/C18H26ClNO/c1-2-3-4-5-6-7-8-9-11-15-14-12-10-13-16(19)17(14)20-18(15)21/h10,12-13,15H,2-9,11H2,1H3,(H,20,21). The topological polar surface area (TPSA) is 29.1 Å². The minimum Gasteiger partial charge on any atom is -0.324 e. The van der Waals surface area contributed by atoms with Crippen molar-refractivity contribution in [3.63, 3.8) is 0 Å². The molecule has 0 radical (unpaired) electrons. The van der Waals surface area contributed by atoms with Crippen LogP contribution in [0.25, 0.3) is 0 Å². The minimum absolute atomic E-state index is 0.00112. The molecule has 1 atom stereocenters. The van der Waals surface area contributed by atoms with E-state index in [2.05, 4.69) is 12.2 Å². The molecule has 1 unspecified atom stereocenters. The smallest absolute Gasteiger partial charge is 0.232 e. The molecule has 2 nitrogen and oxygen atoms in total. The van der Waals surface area contributed by atoms with E-state index >= 15 is 0 Å². The van der Waals surface area contributed by atoms with Crippen molar-refractivity contribution < 1.29 is 4.79 Å². The fourth-order valence-corrected chi connectivity index (χ4v) is 3.31. The van der Waals surface area contributed by atoms with E-state index in [9.17, 15) is 4.79 Å². The predicted octanol–water partition coefficient (Wildman–Crippen LogP) is 5.91. The molecule has 0 bridgehead atoms. The highest BCUT2D eigenvalue weighted by atomic mass is 35.5. The third-order valence-electron chi connectivity index (χ3n) is 4.33. The minimum atomic E-state index is -0.00112. The molecule has 0 saturated heterocycles. The Balaban J connectivity index is 1.70. The zero-order valence-electron chi connectivity index (χ0n) is 13.0. The van der Waals surface area contributed by atoms with Crippen LogP contribution >= 0.6 is 11.6 Å². The van der Waals surface area contributed by atoms with Gasteiger partial charge in [-0.2, -0.15) is 0 Å². The maximum atomic E-state index is 12.1. The molecule has 0 aromatic heterocycles. The molecule has 1 aliphatic rings. The second-order valence-corrected chi connectivity index (χ2v) is 6.42. The van der Waals surface area contributed by atoms with Crippen LogP contribution in [0.5, 0.6) is 0 Å². The summed E-state index contributed by atoms with van der Waals surface area (Å²) < 4.78 is 0. The van der Waals surface area contributed by atoms with Crippen molar-refractivity contribution in [3.05, 3.63) is 28.8 Å². The molecule has 0 saturated carbocycles. The Kier molecular flexibility index (Phi) is 6.56. The molecule has 0 fully saturated rings. The molecule has 116 valence electrons. The van der Waals surface area contributed by atoms with Crippen LogP contribution in [0.4, 0.5) is 5.69 Å². The lowest BCUT2D eigenvalue weighted by atomic mass is 9.94. The predicted molar refractivity (Wildman–Crippen MR) is 90.0 cm³/mol. The third kappa shape index (κ3) is 4.47. The van der Waals surface area contributed by atoms with Gasteiger partial charge in [-0.15, -0.1) is 0 Å². The Hall–Kier alpha value is -1.02. The summed E-state index contributed by atoms with van der Waals surface area (Å²) in [6, 6.07) is 5.79. The fourth-order valence-electron chi connectivity index (χ4n) is 3.08. The summed E-state index contributed by atoms with van der Waals surface area (Å²) >= 11 is 6.13. The fraction of sp³-hybridized carbons (Fsp3) is 0.611. The number of carbonyl (C=O) groups excluding carboxylic acids is 1. The summed E-state index contributed by atoms with van der Waals surface area (Å²) in [5.41, 5.74) is 1.91. The SMILES string of the molecule is CCCCCCCCCCC1C(=O)Nc2c(Cl)cccc21. The molecule has 1 aromatic carbocycles. The molecule has 0 spiro atoms. The van der Waals surface area contributed by atoms with Crippen LogP contribution < -0.4 is 5.32 Å². The number of hydrogen-bond donors (Lipinski definition) is 1. The highest BCUT2D eigenvalue weighted by Crippen LogP contribution is 2.39. The summed E-state index contributed by atoms with van der Waals surface area (Å²) in [5, 5.41) is 3.57. The van der Waals surface area contributed by atoms with Crippen LogP contribution in [-0.2, 0) is 4.79 Å². The van der Waals surface area contributed by atoms with E-state index in [1.54, 1.807) is 0 Å². The first kappa shape index (κ1) is 16.4. The third-order valence-corrected chi connectivity index (χ3v) is 4.65. The van der Waals surface area contributed by atoms with Crippen molar-refractivity contribution in [2.24, 2.45) is 0 Å². The van der Waals surface area contributed by atoms with E-state index in [-0.39, 0.29) is 11.8 Å². The maximum Gasteiger partial charge on any atom is 0.232 e. The van der Waals surface area contributed by atoms with Crippen LogP contribution in [0.2, 0.25) is 5.02 Å². The van der Waals surface area contributed by atoms with E-state index in [1.165, 1.54) is 44.9 Å². The zero-order chi connectivity index (χ0) is 15.1. The molecule has 2 rings (SSSR count).